The minimum absolute atomic E-state index is 0. The van der Waals surface area contributed by atoms with Crippen molar-refractivity contribution in [3.63, 3.8) is 0 Å². The van der Waals surface area contributed by atoms with E-state index in [-0.39, 0.29) is 17.0 Å². The van der Waals surface area contributed by atoms with Crippen molar-refractivity contribution < 1.29 is 21.7 Å². The van der Waals surface area contributed by atoms with Crippen LogP contribution in [0.3, 0.4) is 0 Å². The van der Waals surface area contributed by atoms with Gasteiger partial charge in [-0.15, -0.1) is 0 Å². The molecule has 28 heavy (non-hydrogen) atoms. The van der Waals surface area contributed by atoms with E-state index in [1.165, 1.54) is 75.2 Å². The zero-order valence-electron chi connectivity index (χ0n) is 18.7. The first-order valence-electron chi connectivity index (χ1n) is 11.5. The van der Waals surface area contributed by atoms with Crippen LogP contribution in [0.25, 0.3) is 0 Å². The van der Waals surface area contributed by atoms with Crippen LogP contribution in [0.5, 0.6) is 5.75 Å². The van der Waals surface area contributed by atoms with Gasteiger partial charge in [0.25, 0.3) is 0 Å². The highest BCUT2D eigenvalue weighted by atomic mass is 79.9. The summed E-state index contributed by atoms with van der Waals surface area (Å²) in [7, 11) is -0.793. The second-order valence-electron chi connectivity index (χ2n) is 8.00. The highest BCUT2D eigenvalue weighted by Crippen LogP contribution is 2.61. The van der Waals surface area contributed by atoms with Gasteiger partial charge in [-0.1, -0.05) is 58.2 Å². The number of aryl methyl sites for hydroxylation is 1. The first kappa shape index (κ1) is 27.9. The molecule has 0 radical (unpaired) electrons. The monoisotopic (exact) mass is 473 g/mol. The van der Waals surface area contributed by atoms with Gasteiger partial charge in [0.15, 0.2) is 0 Å². The van der Waals surface area contributed by atoms with E-state index in [2.05, 4.69) is 45.0 Å². The number of para-hydroxylation sites is 1. The second kappa shape index (κ2) is 17.7. The molecule has 4 heteroatoms. The third-order valence-corrected chi connectivity index (χ3v) is 10.7. The first-order chi connectivity index (χ1) is 13.2. The SMILES string of the molecule is CCCC[P+](CCCC)(CCCC)CCCOc1ccccc1CCCN.[Br-]. The average Bonchev–Trinajstić information content (AvgIpc) is 2.71. The van der Waals surface area contributed by atoms with E-state index < -0.39 is 7.26 Å². The molecule has 2 nitrogen and oxygen atoms in total. The fourth-order valence-electron chi connectivity index (χ4n) is 3.88. The number of benzene rings is 1. The molecule has 0 amide bonds. The van der Waals surface area contributed by atoms with E-state index in [9.17, 15) is 0 Å². The maximum absolute atomic E-state index is 6.22. The molecule has 0 aliphatic rings. The summed E-state index contributed by atoms with van der Waals surface area (Å²) >= 11 is 0. The van der Waals surface area contributed by atoms with E-state index in [4.69, 9.17) is 10.5 Å². The molecule has 164 valence electrons. The first-order valence-corrected chi connectivity index (χ1v) is 14.0. The van der Waals surface area contributed by atoms with Gasteiger partial charge < -0.3 is 27.5 Å². The summed E-state index contributed by atoms with van der Waals surface area (Å²) in [5, 5.41) is 0. The Bertz CT molecular complexity index is 462. The number of nitrogens with two attached hydrogens (primary N) is 1. The van der Waals surface area contributed by atoms with Gasteiger partial charge in [0.1, 0.15) is 5.75 Å². The predicted molar refractivity (Wildman–Crippen MR) is 125 cm³/mol. The summed E-state index contributed by atoms with van der Waals surface area (Å²) in [6.45, 7) is 8.64. The normalized spacial score (nSPS) is 11.3. The van der Waals surface area contributed by atoms with Crippen molar-refractivity contribution in [2.45, 2.75) is 78.6 Å². The van der Waals surface area contributed by atoms with E-state index in [1.807, 2.05) is 0 Å². The summed E-state index contributed by atoms with van der Waals surface area (Å²) in [5.74, 6) is 1.07. The third-order valence-electron chi connectivity index (χ3n) is 5.62. The number of unbranched alkanes of at least 4 members (excludes halogenated alkanes) is 3. The van der Waals surface area contributed by atoms with Crippen LogP contribution in [0.15, 0.2) is 24.3 Å². The highest BCUT2D eigenvalue weighted by molar-refractivity contribution is 7.75. The summed E-state index contributed by atoms with van der Waals surface area (Å²) < 4.78 is 6.22. The van der Waals surface area contributed by atoms with Crippen LogP contribution in [-0.4, -0.2) is 37.8 Å². The lowest BCUT2D eigenvalue weighted by molar-refractivity contribution is -0.00000646. The van der Waals surface area contributed by atoms with Crippen LogP contribution in [0.2, 0.25) is 0 Å². The molecule has 2 N–H and O–H groups in total. The van der Waals surface area contributed by atoms with Crippen molar-refractivity contribution in [3.8, 4) is 5.75 Å². The number of hydrogen-bond acceptors (Lipinski definition) is 2. The molecule has 0 spiro atoms. The lowest BCUT2D eigenvalue weighted by atomic mass is 10.1. The minimum atomic E-state index is -0.793. The standard InChI is InChI=1S/C24H45NOP.BrH/c1-4-7-19-27(20-8-5-2,21-9-6-3)22-13-18-26-24-16-11-10-14-23(24)15-12-17-25;/h10-11,14,16H,4-9,12-13,15,17-22,25H2,1-3H3;1H/q+1;/p-1. The van der Waals surface area contributed by atoms with Crippen molar-refractivity contribution in [1.82, 2.24) is 0 Å². The predicted octanol–water partition coefficient (Wildman–Crippen LogP) is 3.77. The summed E-state index contributed by atoms with van der Waals surface area (Å²) in [6.07, 6.45) is 17.5. The lowest BCUT2D eigenvalue weighted by Crippen LogP contribution is -3.00. The van der Waals surface area contributed by atoms with Gasteiger partial charge in [-0.05, 0) is 50.3 Å². The van der Waals surface area contributed by atoms with Gasteiger partial charge in [-0.3, -0.25) is 0 Å². The maximum atomic E-state index is 6.22. The topological polar surface area (TPSA) is 35.2 Å². The van der Waals surface area contributed by atoms with Gasteiger partial charge in [0, 0.05) is 13.7 Å². The molecule has 0 aromatic heterocycles. The van der Waals surface area contributed by atoms with E-state index in [0.717, 1.165) is 31.7 Å². The molecule has 0 heterocycles. The Morgan fingerprint density at radius 3 is 1.86 bits per heavy atom. The molecule has 0 saturated heterocycles. The number of ether oxygens (including phenoxy) is 1. The number of halogens is 1. The zero-order valence-corrected chi connectivity index (χ0v) is 21.2. The van der Waals surface area contributed by atoms with Crippen LogP contribution < -0.4 is 27.5 Å². The molecule has 0 unspecified atom stereocenters. The quantitative estimate of drug-likeness (QED) is 0.276. The maximum Gasteiger partial charge on any atom is 0.122 e. The van der Waals surface area contributed by atoms with Gasteiger partial charge in [0.05, 0.1) is 31.3 Å². The van der Waals surface area contributed by atoms with Crippen molar-refractivity contribution in [1.29, 1.82) is 0 Å². The molecular formula is C24H45BrNOP. The number of hydrogen-bond donors (Lipinski definition) is 1. The molecule has 0 aliphatic heterocycles. The third kappa shape index (κ3) is 11.2. The molecular weight excluding hydrogens is 429 g/mol. The average molecular weight is 475 g/mol. The fourth-order valence-corrected chi connectivity index (χ4v) is 8.98. The Kier molecular flexibility index (Phi) is 17.7. The van der Waals surface area contributed by atoms with Gasteiger partial charge in [0.2, 0.25) is 0 Å². The molecule has 1 rings (SSSR count). The molecule has 0 bridgehead atoms. The Labute approximate surface area is 186 Å². The zero-order chi connectivity index (χ0) is 19.8. The Morgan fingerprint density at radius 1 is 0.786 bits per heavy atom. The molecule has 0 saturated carbocycles. The lowest BCUT2D eigenvalue weighted by Gasteiger charge is -2.28. The summed E-state index contributed by atoms with van der Waals surface area (Å²) in [4.78, 5) is 0. The molecule has 0 atom stereocenters. The largest absolute Gasteiger partial charge is 1.00 e. The summed E-state index contributed by atoms with van der Waals surface area (Å²) in [5.41, 5.74) is 6.99. The van der Waals surface area contributed by atoms with Crippen LogP contribution >= 0.6 is 7.26 Å². The van der Waals surface area contributed by atoms with Gasteiger partial charge in [-0.2, -0.15) is 0 Å². The fraction of sp³-hybridized carbons (Fsp3) is 0.750. The summed E-state index contributed by atoms with van der Waals surface area (Å²) in [6, 6.07) is 8.50. The van der Waals surface area contributed by atoms with Crippen molar-refractivity contribution in [3.05, 3.63) is 29.8 Å². The van der Waals surface area contributed by atoms with E-state index in [1.54, 1.807) is 0 Å². The van der Waals surface area contributed by atoms with E-state index >= 15 is 0 Å². The second-order valence-corrected chi connectivity index (χ2v) is 12.5. The van der Waals surface area contributed by atoms with Crippen molar-refractivity contribution in [2.75, 3.05) is 37.8 Å². The molecule has 1 aromatic rings. The van der Waals surface area contributed by atoms with E-state index in [0.29, 0.717) is 0 Å². The van der Waals surface area contributed by atoms with Crippen molar-refractivity contribution >= 4 is 7.26 Å². The van der Waals surface area contributed by atoms with Crippen LogP contribution in [0.1, 0.15) is 77.7 Å². The van der Waals surface area contributed by atoms with Crippen molar-refractivity contribution in [2.24, 2.45) is 5.73 Å². The van der Waals surface area contributed by atoms with Crippen LogP contribution in [0, 0.1) is 0 Å². The Morgan fingerprint density at radius 2 is 1.32 bits per heavy atom. The van der Waals surface area contributed by atoms with Crippen LogP contribution in [0.4, 0.5) is 0 Å². The van der Waals surface area contributed by atoms with Crippen LogP contribution in [-0.2, 0) is 6.42 Å². The number of rotatable bonds is 17. The smallest absolute Gasteiger partial charge is 0.122 e. The minimum Gasteiger partial charge on any atom is -1.00 e. The Balaban J connectivity index is 0.00000729. The van der Waals surface area contributed by atoms with Gasteiger partial charge >= 0.3 is 0 Å². The molecule has 0 fully saturated rings. The van der Waals surface area contributed by atoms with Gasteiger partial charge in [-0.25, -0.2) is 0 Å². The Hall–Kier alpha value is -0.110. The molecule has 1 aromatic carbocycles. The molecule has 0 aliphatic carbocycles. The highest BCUT2D eigenvalue weighted by Gasteiger charge is 2.34.